The molecular formula is C17H20N2O. The van der Waals surface area contributed by atoms with Gasteiger partial charge in [-0.2, -0.15) is 0 Å². The number of aromatic nitrogens is 1. The molecule has 2 aromatic rings. The summed E-state index contributed by atoms with van der Waals surface area (Å²) in [6, 6.07) is 10.6. The standard InChI is InChI=1S/C17H20N2O/c1-12-9-16(13(2)20)10-18-17(12)19-8-7-14-5-3-4-6-15(14)11-19/h3-6,9-10,13,20H,7-8,11H2,1-2H3/t13-/m1/s1. The fourth-order valence-electron chi connectivity index (χ4n) is 2.83. The van der Waals surface area contributed by atoms with E-state index < -0.39 is 6.10 Å². The second-order valence-electron chi connectivity index (χ2n) is 5.53. The molecule has 0 spiro atoms. The monoisotopic (exact) mass is 268 g/mol. The number of pyridine rings is 1. The molecule has 20 heavy (non-hydrogen) atoms. The van der Waals surface area contributed by atoms with Crippen molar-refractivity contribution in [3.63, 3.8) is 0 Å². The first kappa shape index (κ1) is 13.1. The maximum atomic E-state index is 9.63. The summed E-state index contributed by atoms with van der Waals surface area (Å²) in [6.45, 7) is 5.75. The molecule has 0 amide bonds. The molecule has 3 heteroatoms. The highest BCUT2D eigenvalue weighted by Crippen LogP contribution is 2.26. The third-order valence-corrected chi connectivity index (χ3v) is 3.98. The molecule has 2 heterocycles. The van der Waals surface area contributed by atoms with Gasteiger partial charge in [-0.15, -0.1) is 0 Å². The minimum atomic E-state index is -0.461. The third kappa shape index (κ3) is 2.41. The van der Waals surface area contributed by atoms with Crippen molar-refractivity contribution < 1.29 is 5.11 Å². The second kappa shape index (κ2) is 5.25. The Bertz CT molecular complexity index is 622. The number of hydrogen-bond acceptors (Lipinski definition) is 3. The quantitative estimate of drug-likeness (QED) is 0.909. The zero-order chi connectivity index (χ0) is 14.1. The molecule has 104 valence electrons. The van der Waals surface area contributed by atoms with Gasteiger partial charge < -0.3 is 10.0 Å². The highest BCUT2D eigenvalue weighted by molar-refractivity contribution is 5.50. The molecule has 1 N–H and O–H groups in total. The van der Waals surface area contributed by atoms with Gasteiger partial charge in [0.25, 0.3) is 0 Å². The van der Waals surface area contributed by atoms with Crippen molar-refractivity contribution in [2.24, 2.45) is 0 Å². The summed E-state index contributed by atoms with van der Waals surface area (Å²) in [6.07, 6.45) is 2.39. The van der Waals surface area contributed by atoms with Gasteiger partial charge in [0.1, 0.15) is 5.82 Å². The number of aliphatic hydroxyl groups is 1. The number of hydrogen-bond donors (Lipinski definition) is 1. The molecule has 0 aliphatic carbocycles. The van der Waals surface area contributed by atoms with Crippen molar-refractivity contribution in [2.75, 3.05) is 11.4 Å². The number of nitrogens with zero attached hydrogens (tertiary/aromatic N) is 2. The van der Waals surface area contributed by atoms with Crippen LogP contribution in [-0.4, -0.2) is 16.6 Å². The first-order chi connectivity index (χ1) is 9.65. The predicted molar refractivity (Wildman–Crippen MR) is 80.8 cm³/mol. The van der Waals surface area contributed by atoms with Crippen LogP contribution in [0.2, 0.25) is 0 Å². The highest BCUT2D eigenvalue weighted by Gasteiger charge is 2.18. The highest BCUT2D eigenvalue weighted by atomic mass is 16.3. The van der Waals surface area contributed by atoms with E-state index in [9.17, 15) is 5.11 Å². The summed E-state index contributed by atoms with van der Waals surface area (Å²) in [5, 5.41) is 9.63. The minimum Gasteiger partial charge on any atom is -0.389 e. The molecule has 0 fully saturated rings. The Morgan fingerprint density at radius 3 is 2.70 bits per heavy atom. The van der Waals surface area contributed by atoms with Crippen LogP contribution in [0.4, 0.5) is 5.82 Å². The van der Waals surface area contributed by atoms with Crippen LogP contribution in [-0.2, 0) is 13.0 Å². The maximum absolute atomic E-state index is 9.63. The molecule has 0 radical (unpaired) electrons. The summed E-state index contributed by atoms with van der Waals surface area (Å²) in [4.78, 5) is 6.88. The predicted octanol–water partition coefficient (Wildman–Crippen LogP) is 3.01. The fourth-order valence-corrected chi connectivity index (χ4v) is 2.83. The third-order valence-electron chi connectivity index (χ3n) is 3.98. The van der Waals surface area contributed by atoms with E-state index in [0.717, 1.165) is 36.5 Å². The Hall–Kier alpha value is -1.87. The lowest BCUT2D eigenvalue weighted by molar-refractivity contribution is 0.199. The molecule has 1 aromatic heterocycles. The number of benzene rings is 1. The molecule has 3 rings (SSSR count). The summed E-state index contributed by atoms with van der Waals surface area (Å²) in [7, 11) is 0. The number of aryl methyl sites for hydroxylation is 1. The second-order valence-corrected chi connectivity index (χ2v) is 5.53. The van der Waals surface area contributed by atoms with E-state index in [1.165, 1.54) is 11.1 Å². The molecule has 1 aromatic carbocycles. The van der Waals surface area contributed by atoms with E-state index in [4.69, 9.17) is 0 Å². The van der Waals surface area contributed by atoms with E-state index in [1.54, 1.807) is 13.1 Å². The van der Waals surface area contributed by atoms with Crippen LogP contribution in [0.1, 0.15) is 35.3 Å². The van der Waals surface area contributed by atoms with Gasteiger partial charge in [0.15, 0.2) is 0 Å². The van der Waals surface area contributed by atoms with Gasteiger partial charge in [-0.25, -0.2) is 4.98 Å². The number of fused-ring (bicyclic) bond motifs is 1. The summed E-state index contributed by atoms with van der Waals surface area (Å²) < 4.78 is 0. The molecule has 0 saturated carbocycles. The molecule has 0 unspecified atom stereocenters. The van der Waals surface area contributed by atoms with E-state index in [1.807, 2.05) is 6.07 Å². The van der Waals surface area contributed by atoms with Crippen molar-refractivity contribution in [1.82, 2.24) is 4.98 Å². The van der Waals surface area contributed by atoms with E-state index >= 15 is 0 Å². The van der Waals surface area contributed by atoms with Crippen molar-refractivity contribution in [2.45, 2.75) is 32.9 Å². The van der Waals surface area contributed by atoms with Crippen molar-refractivity contribution >= 4 is 5.82 Å². The Balaban J connectivity index is 1.88. The van der Waals surface area contributed by atoms with Gasteiger partial charge in [0.05, 0.1) is 6.10 Å². The van der Waals surface area contributed by atoms with Gasteiger partial charge in [0, 0.05) is 19.3 Å². The lowest BCUT2D eigenvalue weighted by Crippen LogP contribution is -2.31. The van der Waals surface area contributed by atoms with Crippen LogP contribution in [0.5, 0.6) is 0 Å². The lowest BCUT2D eigenvalue weighted by atomic mass is 9.99. The molecule has 1 aliphatic heterocycles. The van der Waals surface area contributed by atoms with E-state index in [0.29, 0.717) is 0 Å². The first-order valence-electron chi connectivity index (χ1n) is 7.11. The largest absolute Gasteiger partial charge is 0.389 e. The van der Waals surface area contributed by atoms with Gasteiger partial charge >= 0.3 is 0 Å². The SMILES string of the molecule is Cc1cc([C@@H](C)O)cnc1N1CCc2ccccc2C1. The first-order valence-corrected chi connectivity index (χ1v) is 7.11. The average Bonchev–Trinajstić information content (AvgIpc) is 2.46. The Morgan fingerprint density at radius 2 is 2.00 bits per heavy atom. The lowest BCUT2D eigenvalue weighted by Gasteiger charge is -2.31. The van der Waals surface area contributed by atoms with E-state index in [2.05, 4.69) is 41.1 Å². The van der Waals surface area contributed by atoms with Crippen LogP contribution in [0, 0.1) is 6.92 Å². The van der Waals surface area contributed by atoms with Crippen molar-refractivity contribution in [3.8, 4) is 0 Å². The maximum Gasteiger partial charge on any atom is 0.131 e. The zero-order valence-electron chi connectivity index (χ0n) is 12.0. The van der Waals surface area contributed by atoms with Gasteiger partial charge in [-0.05, 0) is 48.6 Å². The van der Waals surface area contributed by atoms with E-state index in [-0.39, 0.29) is 0 Å². The van der Waals surface area contributed by atoms with Gasteiger partial charge in [-0.3, -0.25) is 0 Å². The molecule has 3 nitrogen and oxygen atoms in total. The number of aliphatic hydroxyl groups excluding tert-OH is 1. The molecular weight excluding hydrogens is 248 g/mol. The van der Waals surface area contributed by atoms with Crippen molar-refractivity contribution in [3.05, 3.63) is 58.8 Å². The van der Waals surface area contributed by atoms with Gasteiger partial charge in [-0.1, -0.05) is 24.3 Å². The summed E-state index contributed by atoms with van der Waals surface area (Å²) in [5.74, 6) is 1.03. The molecule has 1 atom stereocenters. The van der Waals surface area contributed by atoms with Gasteiger partial charge in [0.2, 0.25) is 0 Å². The Kier molecular flexibility index (Phi) is 3.45. The molecule has 1 aliphatic rings. The normalized spacial score (nSPS) is 15.8. The Morgan fingerprint density at radius 1 is 1.25 bits per heavy atom. The Labute approximate surface area is 119 Å². The van der Waals surface area contributed by atoms with Crippen LogP contribution in [0.25, 0.3) is 0 Å². The summed E-state index contributed by atoms with van der Waals surface area (Å²) in [5.41, 5.74) is 4.84. The van der Waals surface area contributed by atoms with Crippen LogP contribution >= 0.6 is 0 Å². The number of anilines is 1. The smallest absolute Gasteiger partial charge is 0.131 e. The topological polar surface area (TPSA) is 36.4 Å². The van der Waals surface area contributed by atoms with Crippen LogP contribution in [0.3, 0.4) is 0 Å². The number of rotatable bonds is 2. The summed E-state index contributed by atoms with van der Waals surface area (Å²) >= 11 is 0. The molecule has 0 bridgehead atoms. The zero-order valence-corrected chi connectivity index (χ0v) is 12.0. The average molecular weight is 268 g/mol. The fraction of sp³-hybridized carbons (Fsp3) is 0.353. The van der Waals surface area contributed by atoms with Crippen LogP contribution in [0.15, 0.2) is 36.5 Å². The van der Waals surface area contributed by atoms with Crippen molar-refractivity contribution in [1.29, 1.82) is 0 Å². The van der Waals surface area contributed by atoms with Crippen LogP contribution < -0.4 is 4.90 Å². The molecule has 0 saturated heterocycles. The minimum absolute atomic E-state index is 0.461.